The van der Waals surface area contributed by atoms with Crippen LogP contribution in [0.3, 0.4) is 0 Å². The number of carboxylic acids is 1. The lowest BCUT2D eigenvalue weighted by Gasteiger charge is -2.26. The van der Waals surface area contributed by atoms with Crippen LogP contribution in [0.1, 0.15) is 33.6 Å². The third-order valence-corrected chi connectivity index (χ3v) is 3.63. The molecule has 1 unspecified atom stereocenters. The predicted molar refractivity (Wildman–Crippen MR) is 76.2 cm³/mol. The summed E-state index contributed by atoms with van der Waals surface area (Å²) in [5, 5.41) is 9.17. The molecule has 1 aliphatic rings. The molecular weight excluding hydrogens is 272 g/mol. The molecule has 6 heteroatoms. The van der Waals surface area contributed by atoms with Gasteiger partial charge in [-0.3, -0.25) is 9.59 Å². The minimum absolute atomic E-state index is 0.0366. The molecular formula is C15H18N2O4. The van der Waals surface area contributed by atoms with Crippen LogP contribution in [0.5, 0.6) is 0 Å². The molecule has 1 aliphatic heterocycles. The van der Waals surface area contributed by atoms with Gasteiger partial charge in [-0.15, -0.1) is 0 Å². The van der Waals surface area contributed by atoms with Gasteiger partial charge in [0.2, 0.25) is 5.91 Å². The highest BCUT2D eigenvalue weighted by molar-refractivity contribution is 6.06. The largest absolute Gasteiger partial charge is 0.478 e. The monoisotopic (exact) mass is 290 g/mol. The minimum Gasteiger partial charge on any atom is -0.478 e. The van der Waals surface area contributed by atoms with Crippen LogP contribution in [-0.4, -0.2) is 59.4 Å². The van der Waals surface area contributed by atoms with Crippen LogP contribution >= 0.6 is 0 Å². The van der Waals surface area contributed by atoms with E-state index in [9.17, 15) is 19.5 Å². The number of likely N-dealkylation sites (N-methyl/N-ethyl adjacent to an activating group) is 1. The van der Waals surface area contributed by atoms with Crippen molar-refractivity contribution >= 4 is 17.8 Å². The Morgan fingerprint density at radius 3 is 2.38 bits per heavy atom. The summed E-state index contributed by atoms with van der Waals surface area (Å²) in [6, 6.07) is 5.58. The summed E-state index contributed by atoms with van der Waals surface area (Å²) >= 11 is 0. The fourth-order valence-electron chi connectivity index (χ4n) is 2.58. The molecule has 0 bridgehead atoms. The lowest BCUT2D eigenvalue weighted by Crippen LogP contribution is -2.45. The number of hydrogen-bond acceptors (Lipinski definition) is 3. The second kappa shape index (κ2) is 5.95. The summed E-state index contributed by atoms with van der Waals surface area (Å²) in [5.41, 5.74) is 0.0916. The van der Waals surface area contributed by atoms with Crippen LogP contribution in [0, 0.1) is 0 Å². The van der Waals surface area contributed by atoms with Crippen molar-refractivity contribution in [1.82, 2.24) is 9.80 Å². The Bertz CT molecular complexity index is 583. The van der Waals surface area contributed by atoms with E-state index in [0.29, 0.717) is 13.0 Å². The smallest absolute Gasteiger partial charge is 0.336 e. The van der Waals surface area contributed by atoms with Gasteiger partial charge < -0.3 is 14.9 Å². The van der Waals surface area contributed by atoms with Crippen molar-refractivity contribution in [2.75, 3.05) is 20.6 Å². The average molecular weight is 290 g/mol. The van der Waals surface area contributed by atoms with Gasteiger partial charge in [-0.05, 0) is 25.0 Å². The Morgan fingerprint density at radius 1 is 1.19 bits per heavy atom. The molecule has 0 aliphatic carbocycles. The number of likely N-dealkylation sites (tertiary alicyclic amines) is 1. The maximum Gasteiger partial charge on any atom is 0.336 e. The Kier molecular flexibility index (Phi) is 4.26. The maximum absolute atomic E-state index is 12.6. The fraction of sp³-hybridized carbons (Fsp3) is 0.400. The van der Waals surface area contributed by atoms with Gasteiger partial charge in [-0.2, -0.15) is 0 Å². The van der Waals surface area contributed by atoms with Crippen molar-refractivity contribution in [3.8, 4) is 0 Å². The van der Waals surface area contributed by atoms with Crippen LogP contribution in [-0.2, 0) is 4.79 Å². The van der Waals surface area contributed by atoms with E-state index in [0.717, 1.165) is 6.42 Å². The Hall–Kier alpha value is -2.37. The van der Waals surface area contributed by atoms with E-state index in [2.05, 4.69) is 0 Å². The van der Waals surface area contributed by atoms with Gasteiger partial charge >= 0.3 is 5.97 Å². The number of nitrogens with zero attached hydrogens (tertiary/aromatic N) is 2. The van der Waals surface area contributed by atoms with Crippen LogP contribution in [0.15, 0.2) is 24.3 Å². The number of amides is 2. The van der Waals surface area contributed by atoms with E-state index in [1.54, 1.807) is 26.2 Å². The Labute approximate surface area is 123 Å². The number of aromatic carboxylic acids is 1. The summed E-state index contributed by atoms with van der Waals surface area (Å²) in [6.45, 7) is 0.469. The normalized spacial score (nSPS) is 17.6. The average Bonchev–Trinajstić information content (AvgIpc) is 2.94. The second-order valence-corrected chi connectivity index (χ2v) is 5.24. The third-order valence-electron chi connectivity index (χ3n) is 3.63. The first-order valence-corrected chi connectivity index (χ1v) is 6.78. The zero-order valence-corrected chi connectivity index (χ0v) is 12.1. The Balaban J connectivity index is 2.31. The zero-order valence-electron chi connectivity index (χ0n) is 12.1. The highest BCUT2D eigenvalue weighted by Crippen LogP contribution is 2.23. The van der Waals surface area contributed by atoms with E-state index in [1.807, 2.05) is 0 Å². The minimum atomic E-state index is -1.14. The Morgan fingerprint density at radius 2 is 1.81 bits per heavy atom. The molecule has 2 rings (SSSR count). The lowest BCUT2D eigenvalue weighted by atomic mass is 10.1. The highest BCUT2D eigenvalue weighted by Gasteiger charge is 2.36. The molecule has 6 nitrogen and oxygen atoms in total. The number of benzene rings is 1. The molecule has 2 amide bonds. The topological polar surface area (TPSA) is 77.9 Å². The standard InChI is InChI=1S/C15H18N2O4/c1-16(2)14(19)12-8-5-9-17(12)13(18)10-6-3-4-7-11(10)15(20)21/h3-4,6-7,12H,5,8-9H2,1-2H3,(H,20,21). The number of carboxylic acid groups (broad SMARTS) is 1. The van der Waals surface area contributed by atoms with Crippen LogP contribution < -0.4 is 0 Å². The lowest BCUT2D eigenvalue weighted by molar-refractivity contribution is -0.132. The molecule has 1 heterocycles. The summed E-state index contributed by atoms with van der Waals surface area (Å²) in [6.07, 6.45) is 1.35. The van der Waals surface area contributed by atoms with Crippen LogP contribution in [0.4, 0.5) is 0 Å². The van der Waals surface area contributed by atoms with Gasteiger partial charge in [0.15, 0.2) is 0 Å². The first-order valence-electron chi connectivity index (χ1n) is 6.78. The number of carbonyl (C=O) groups excluding carboxylic acids is 2. The first-order chi connectivity index (χ1) is 9.93. The van der Waals surface area contributed by atoms with Crippen molar-refractivity contribution in [1.29, 1.82) is 0 Å². The van der Waals surface area contributed by atoms with E-state index >= 15 is 0 Å². The van der Waals surface area contributed by atoms with E-state index < -0.39 is 17.9 Å². The van der Waals surface area contributed by atoms with Gasteiger partial charge in [0.05, 0.1) is 11.1 Å². The third kappa shape index (κ3) is 2.89. The summed E-state index contributed by atoms with van der Waals surface area (Å²) < 4.78 is 0. The molecule has 0 saturated carbocycles. The molecule has 1 saturated heterocycles. The maximum atomic E-state index is 12.6. The molecule has 1 fully saturated rings. The molecule has 0 aromatic heterocycles. The second-order valence-electron chi connectivity index (χ2n) is 5.24. The van der Waals surface area contributed by atoms with Gasteiger partial charge in [-0.1, -0.05) is 12.1 Å². The van der Waals surface area contributed by atoms with Gasteiger partial charge in [-0.25, -0.2) is 4.79 Å². The van der Waals surface area contributed by atoms with Gasteiger partial charge in [0, 0.05) is 20.6 Å². The van der Waals surface area contributed by atoms with Crippen LogP contribution in [0.2, 0.25) is 0 Å². The summed E-state index contributed by atoms with van der Waals surface area (Å²) in [4.78, 5) is 38.9. The van der Waals surface area contributed by atoms with Crippen molar-refractivity contribution in [3.05, 3.63) is 35.4 Å². The number of hydrogen-bond donors (Lipinski definition) is 1. The fourth-order valence-corrected chi connectivity index (χ4v) is 2.58. The van der Waals surface area contributed by atoms with E-state index in [4.69, 9.17) is 0 Å². The van der Waals surface area contributed by atoms with Crippen LogP contribution in [0.25, 0.3) is 0 Å². The number of carbonyl (C=O) groups is 3. The molecule has 1 atom stereocenters. The molecule has 112 valence electrons. The van der Waals surface area contributed by atoms with Crippen molar-refractivity contribution in [3.63, 3.8) is 0 Å². The summed E-state index contributed by atoms with van der Waals surface area (Å²) in [5.74, 6) is -1.67. The zero-order chi connectivity index (χ0) is 15.6. The van der Waals surface area contributed by atoms with Crippen molar-refractivity contribution in [2.24, 2.45) is 0 Å². The molecule has 21 heavy (non-hydrogen) atoms. The molecule has 0 radical (unpaired) electrons. The molecule has 1 aromatic rings. The number of rotatable bonds is 3. The first kappa shape index (κ1) is 15.0. The SMILES string of the molecule is CN(C)C(=O)C1CCCN1C(=O)c1ccccc1C(=O)O. The van der Waals surface area contributed by atoms with Crippen molar-refractivity contribution < 1.29 is 19.5 Å². The summed E-state index contributed by atoms with van der Waals surface area (Å²) in [7, 11) is 3.29. The molecule has 0 spiro atoms. The molecule has 1 aromatic carbocycles. The quantitative estimate of drug-likeness (QED) is 0.903. The molecule has 1 N–H and O–H groups in total. The highest BCUT2D eigenvalue weighted by atomic mass is 16.4. The van der Waals surface area contributed by atoms with Gasteiger partial charge in [0.1, 0.15) is 6.04 Å². The van der Waals surface area contributed by atoms with E-state index in [1.165, 1.54) is 21.9 Å². The predicted octanol–water partition coefficient (Wildman–Crippen LogP) is 1.08. The van der Waals surface area contributed by atoms with Gasteiger partial charge in [0.25, 0.3) is 5.91 Å². The van der Waals surface area contributed by atoms with E-state index in [-0.39, 0.29) is 17.0 Å². The van der Waals surface area contributed by atoms with Crippen molar-refractivity contribution in [2.45, 2.75) is 18.9 Å².